The first kappa shape index (κ1) is 18.9. The number of rotatable bonds is 6. The SMILES string of the molecule is CC[C@@H](C)[C@H](NC(=O)Cn1ncc2ccccc2c1=O)c1nc2ccccc2[nH]1. The van der Waals surface area contributed by atoms with Gasteiger partial charge in [-0.15, -0.1) is 0 Å². The van der Waals surface area contributed by atoms with Crippen LogP contribution in [0.1, 0.15) is 32.1 Å². The minimum Gasteiger partial charge on any atom is -0.344 e. The van der Waals surface area contributed by atoms with Crippen LogP contribution in [0.25, 0.3) is 21.8 Å². The summed E-state index contributed by atoms with van der Waals surface area (Å²) in [5, 5.41) is 8.49. The fourth-order valence-electron chi connectivity index (χ4n) is 3.43. The number of nitrogens with zero attached hydrogens (tertiary/aromatic N) is 3. The number of imidazole rings is 1. The third-order valence-electron chi connectivity index (χ3n) is 5.29. The molecule has 4 aromatic rings. The fraction of sp³-hybridized carbons (Fsp3) is 0.273. The molecule has 0 saturated heterocycles. The maximum absolute atomic E-state index is 12.8. The average Bonchev–Trinajstić information content (AvgIpc) is 3.17. The molecule has 0 aliphatic rings. The molecule has 0 fully saturated rings. The van der Waals surface area contributed by atoms with Gasteiger partial charge in [0, 0.05) is 5.39 Å². The Morgan fingerprint density at radius 1 is 1.17 bits per heavy atom. The lowest BCUT2D eigenvalue weighted by molar-refractivity contribution is -0.123. The van der Waals surface area contributed by atoms with E-state index >= 15 is 0 Å². The van der Waals surface area contributed by atoms with Gasteiger partial charge in [-0.25, -0.2) is 9.67 Å². The van der Waals surface area contributed by atoms with E-state index in [4.69, 9.17) is 0 Å². The summed E-state index contributed by atoms with van der Waals surface area (Å²) < 4.78 is 1.20. The smallest absolute Gasteiger partial charge is 0.275 e. The zero-order valence-electron chi connectivity index (χ0n) is 16.4. The summed E-state index contributed by atoms with van der Waals surface area (Å²) in [6, 6.07) is 14.7. The van der Waals surface area contributed by atoms with Crippen molar-refractivity contribution in [1.29, 1.82) is 0 Å². The van der Waals surface area contributed by atoms with Crippen molar-refractivity contribution in [2.45, 2.75) is 32.9 Å². The lowest BCUT2D eigenvalue weighted by Crippen LogP contribution is -2.38. The number of hydrogen-bond donors (Lipinski definition) is 2. The van der Waals surface area contributed by atoms with E-state index in [2.05, 4.69) is 34.2 Å². The van der Waals surface area contributed by atoms with Crippen LogP contribution in [0.3, 0.4) is 0 Å². The van der Waals surface area contributed by atoms with Gasteiger partial charge in [-0.2, -0.15) is 5.10 Å². The topological polar surface area (TPSA) is 92.7 Å². The number of nitrogens with one attached hydrogen (secondary N) is 2. The van der Waals surface area contributed by atoms with Gasteiger partial charge in [-0.3, -0.25) is 9.59 Å². The van der Waals surface area contributed by atoms with Crippen LogP contribution in [-0.4, -0.2) is 25.7 Å². The summed E-state index contributed by atoms with van der Waals surface area (Å²) in [6.45, 7) is 4.00. The first-order valence-electron chi connectivity index (χ1n) is 9.75. The molecule has 7 nitrogen and oxygen atoms in total. The fourth-order valence-corrected chi connectivity index (χ4v) is 3.43. The van der Waals surface area contributed by atoms with Crippen molar-refractivity contribution < 1.29 is 4.79 Å². The summed E-state index contributed by atoms with van der Waals surface area (Å²) in [7, 11) is 0. The summed E-state index contributed by atoms with van der Waals surface area (Å²) in [6.07, 6.45) is 2.48. The number of amides is 1. The van der Waals surface area contributed by atoms with Crippen LogP contribution < -0.4 is 10.9 Å². The van der Waals surface area contributed by atoms with Crippen molar-refractivity contribution in [3.8, 4) is 0 Å². The molecule has 2 heterocycles. The Bertz CT molecular complexity index is 1190. The third kappa shape index (κ3) is 3.76. The van der Waals surface area contributed by atoms with E-state index in [1.54, 1.807) is 18.3 Å². The quantitative estimate of drug-likeness (QED) is 0.530. The largest absolute Gasteiger partial charge is 0.344 e. The molecule has 2 N–H and O–H groups in total. The van der Waals surface area contributed by atoms with E-state index in [0.29, 0.717) is 11.2 Å². The molecule has 2 aromatic carbocycles. The first-order chi connectivity index (χ1) is 14.1. The molecule has 1 amide bonds. The van der Waals surface area contributed by atoms with E-state index in [1.165, 1.54) is 4.68 Å². The van der Waals surface area contributed by atoms with Crippen molar-refractivity contribution in [2.24, 2.45) is 5.92 Å². The predicted molar refractivity (Wildman–Crippen MR) is 112 cm³/mol. The maximum atomic E-state index is 12.8. The van der Waals surface area contributed by atoms with Crippen molar-refractivity contribution in [3.05, 3.63) is 70.9 Å². The number of fused-ring (bicyclic) bond motifs is 2. The number of aromatic amines is 1. The number of para-hydroxylation sites is 2. The summed E-state index contributed by atoms with van der Waals surface area (Å²) in [4.78, 5) is 33.3. The van der Waals surface area contributed by atoms with Crippen LogP contribution in [0.5, 0.6) is 0 Å². The Hall–Kier alpha value is -3.48. The van der Waals surface area contributed by atoms with Gasteiger partial charge in [0.05, 0.1) is 28.7 Å². The molecule has 2 aromatic heterocycles. The second kappa shape index (κ2) is 7.87. The Morgan fingerprint density at radius 3 is 2.72 bits per heavy atom. The highest BCUT2D eigenvalue weighted by Gasteiger charge is 2.24. The van der Waals surface area contributed by atoms with E-state index in [9.17, 15) is 9.59 Å². The molecule has 0 radical (unpaired) electrons. The minimum absolute atomic E-state index is 0.142. The van der Waals surface area contributed by atoms with Gasteiger partial charge < -0.3 is 10.3 Å². The zero-order chi connectivity index (χ0) is 20.4. The van der Waals surface area contributed by atoms with Gasteiger partial charge >= 0.3 is 0 Å². The molecule has 0 aliphatic heterocycles. The van der Waals surface area contributed by atoms with Crippen molar-refractivity contribution >= 4 is 27.7 Å². The second-order valence-electron chi connectivity index (χ2n) is 7.26. The number of aromatic nitrogens is 4. The molecule has 7 heteroatoms. The number of benzene rings is 2. The molecule has 0 aliphatic carbocycles. The lowest BCUT2D eigenvalue weighted by atomic mass is 9.98. The Morgan fingerprint density at radius 2 is 1.93 bits per heavy atom. The van der Waals surface area contributed by atoms with Crippen LogP contribution in [-0.2, 0) is 11.3 Å². The van der Waals surface area contributed by atoms with Crippen molar-refractivity contribution in [2.75, 3.05) is 0 Å². The van der Waals surface area contributed by atoms with Crippen LogP contribution in [0.4, 0.5) is 0 Å². The number of carbonyl (C=O) groups is 1. The highest BCUT2D eigenvalue weighted by Crippen LogP contribution is 2.24. The number of H-pyrrole nitrogens is 1. The molecule has 29 heavy (non-hydrogen) atoms. The molecule has 0 unspecified atom stereocenters. The van der Waals surface area contributed by atoms with Gasteiger partial charge in [0.25, 0.3) is 5.56 Å². The molecule has 148 valence electrons. The third-order valence-corrected chi connectivity index (χ3v) is 5.29. The average molecular weight is 389 g/mol. The van der Waals surface area contributed by atoms with Gasteiger partial charge in [-0.1, -0.05) is 50.6 Å². The van der Waals surface area contributed by atoms with E-state index in [1.807, 2.05) is 36.4 Å². The van der Waals surface area contributed by atoms with Gasteiger partial charge in [0.1, 0.15) is 12.4 Å². The highest BCUT2D eigenvalue weighted by atomic mass is 16.2. The zero-order valence-corrected chi connectivity index (χ0v) is 16.4. The molecule has 0 bridgehead atoms. The van der Waals surface area contributed by atoms with Crippen LogP contribution >= 0.6 is 0 Å². The lowest BCUT2D eigenvalue weighted by Gasteiger charge is -2.22. The molecule has 0 spiro atoms. The molecular weight excluding hydrogens is 366 g/mol. The van der Waals surface area contributed by atoms with Gasteiger partial charge in [-0.05, 0) is 24.1 Å². The Balaban J connectivity index is 1.59. The molecule has 2 atom stereocenters. The first-order valence-corrected chi connectivity index (χ1v) is 9.75. The summed E-state index contributed by atoms with van der Waals surface area (Å²) in [5.41, 5.74) is 1.51. The van der Waals surface area contributed by atoms with Crippen LogP contribution in [0, 0.1) is 5.92 Å². The van der Waals surface area contributed by atoms with Gasteiger partial charge in [0.2, 0.25) is 5.91 Å². The predicted octanol–water partition coefficient (Wildman–Crippen LogP) is 3.18. The van der Waals surface area contributed by atoms with Crippen LogP contribution in [0.2, 0.25) is 0 Å². The standard InChI is InChI=1S/C22H23N5O2/c1-3-14(2)20(21-24-17-10-6-7-11-18(17)25-21)26-19(28)13-27-22(29)16-9-5-4-8-15(16)12-23-27/h4-12,14,20H,3,13H2,1-2H3,(H,24,25)(H,26,28)/t14-,20+/m1/s1. The normalized spacial score (nSPS) is 13.4. The minimum atomic E-state index is -0.281. The maximum Gasteiger partial charge on any atom is 0.275 e. The second-order valence-corrected chi connectivity index (χ2v) is 7.26. The van der Waals surface area contributed by atoms with E-state index < -0.39 is 0 Å². The summed E-state index contributed by atoms with van der Waals surface area (Å²) in [5.74, 6) is 0.606. The Kier molecular flexibility index (Phi) is 5.12. The van der Waals surface area contributed by atoms with Crippen molar-refractivity contribution in [3.63, 3.8) is 0 Å². The number of hydrogen-bond acceptors (Lipinski definition) is 4. The molecule has 0 saturated carbocycles. The molecule has 4 rings (SSSR count). The monoisotopic (exact) mass is 389 g/mol. The van der Waals surface area contributed by atoms with E-state index in [0.717, 1.165) is 22.8 Å². The van der Waals surface area contributed by atoms with E-state index in [-0.39, 0.29) is 30.0 Å². The van der Waals surface area contributed by atoms with Gasteiger partial charge in [0.15, 0.2) is 0 Å². The number of carbonyl (C=O) groups excluding carboxylic acids is 1. The molecular formula is C22H23N5O2. The highest BCUT2D eigenvalue weighted by molar-refractivity contribution is 5.81. The van der Waals surface area contributed by atoms with Crippen LogP contribution in [0.15, 0.2) is 59.5 Å². The Labute approximate surface area is 167 Å². The van der Waals surface area contributed by atoms with Crippen molar-refractivity contribution in [1.82, 2.24) is 25.1 Å². The summed E-state index contributed by atoms with van der Waals surface area (Å²) >= 11 is 0.